The lowest BCUT2D eigenvalue weighted by atomic mass is 10.2. The quantitative estimate of drug-likeness (QED) is 0.644. The molecule has 0 unspecified atom stereocenters. The SMILES string of the molecule is COc1ccc(S(=O)(=O)Nc2ccc(OC)c(-n3cnnn3)c2)cc1OC. The first-order valence-corrected chi connectivity index (χ1v) is 9.13. The zero-order valence-corrected chi connectivity index (χ0v) is 15.6. The van der Waals surface area contributed by atoms with Gasteiger partial charge in [-0.05, 0) is 40.8 Å². The minimum absolute atomic E-state index is 0.0277. The standard InChI is InChI=1S/C16H17N5O5S/c1-24-14-6-4-11(8-13(14)21-10-17-19-20-21)18-27(22,23)12-5-7-15(25-2)16(9-12)26-3/h4-10,18H,1-3H3. The van der Waals surface area contributed by atoms with E-state index in [4.69, 9.17) is 14.2 Å². The van der Waals surface area contributed by atoms with Crippen molar-refractivity contribution >= 4 is 15.7 Å². The molecule has 0 bridgehead atoms. The molecule has 3 aromatic rings. The predicted octanol–water partition coefficient (Wildman–Crippen LogP) is 1.49. The van der Waals surface area contributed by atoms with E-state index in [1.807, 2.05) is 0 Å². The highest BCUT2D eigenvalue weighted by molar-refractivity contribution is 7.92. The molecule has 1 N–H and O–H groups in total. The third-order valence-electron chi connectivity index (χ3n) is 3.69. The number of anilines is 1. The predicted molar refractivity (Wildman–Crippen MR) is 96.1 cm³/mol. The highest BCUT2D eigenvalue weighted by atomic mass is 32.2. The molecule has 2 aromatic carbocycles. The summed E-state index contributed by atoms with van der Waals surface area (Å²) in [5, 5.41) is 10.9. The van der Waals surface area contributed by atoms with Crippen LogP contribution in [0.5, 0.6) is 17.2 Å². The van der Waals surface area contributed by atoms with Gasteiger partial charge in [0.1, 0.15) is 17.8 Å². The van der Waals surface area contributed by atoms with Crippen molar-refractivity contribution in [3.63, 3.8) is 0 Å². The molecule has 0 saturated carbocycles. The van der Waals surface area contributed by atoms with Gasteiger partial charge in [-0.3, -0.25) is 4.72 Å². The molecule has 142 valence electrons. The van der Waals surface area contributed by atoms with E-state index >= 15 is 0 Å². The van der Waals surface area contributed by atoms with Gasteiger partial charge in [0.25, 0.3) is 10.0 Å². The monoisotopic (exact) mass is 391 g/mol. The van der Waals surface area contributed by atoms with E-state index in [0.29, 0.717) is 28.6 Å². The van der Waals surface area contributed by atoms with Gasteiger partial charge < -0.3 is 14.2 Å². The van der Waals surface area contributed by atoms with E-state index in [2.05, 4.69) is 20.2 Å². The van der Waals surface area contributed by atoms with Crippen LogP contribution in [0.15, 0.2) is 47.6 Å². The van der Waals surface area contributed by atoms with Crippen molar-refractivity contribution in [2.75, 3.05) is 26.1 Å². The van der Waals surface area contributed by atoms with Gasteiger partial charge in [0.15, 0.2) is 11.5 Å². The zero-order valence-electron chi connectivity index (χ0n) is 14.8. The molecule has 0 aliphatic heterocycles. The van der Waals surface area contributed by atoms with Crippen molar-refractivity contribution in [1.29, 1.82) is 0 Å². The van der Waals surface area contributed by atoms with Crippen LogP contribution in [0.3, 0.4) is 0 Å². The topological polar surface area (TPSA) is 117 Å². The summed E-state index contributed by atoms with van der Waals surface area (Å²) in [6, 6.07) is 9.08. The largest absolute Gasteiger partial charge is 0.494 e. The van der Waals surface area contributed by atoms with Crippen molar-refractivity contribution in [3.8, 4) is 22.9 Å². The van der Waals surface area contributed by atoms with Crippen LogP contribution in [0.2, 0.25) is 0 Å². The fraction of sp³-hybridized carbons (Fsp3) is 0.188. The maximum absolute atomic E-state index is 12.7. The second-order valence-electron chi connectivity index (χ2n) is 5.26. The number of nitrogens with zero attached hydrogens (tertiary/aromatic N) is 4. The van der Waals surface area contributed by atoms with Crippen LogP contribution >= 0.6 is 0 Å². The van der Waals surface area contributed by atoms with E-state index in [0.717, 1.165) is 0 Å². The lowest BCUT2D eigenvalue weighted by Crippen LogP contribution is -2.13. The average Bonchev–Trinajstić information content (AvgIpc) is 3.21. The van der Waals surface area contributed by atoms with Crippen LogP contribution < -0.4 is 18.9 Å². The van der Waals surface area contributed by atoms with E-state index in [9.17, 15) is 8.42 Å². The number of hydrogen-bond acceptors (Lipinski definition) is 8. The Morgan fingerprint density at radius 1 is 0.926 bits per heavy atom. The highest BCUT2D eigenvalue weighted by Crippen LogP contribution is 2.31. The second kappa shape index (κ2) is 7.50. The Balaban J connectivity index is 1.96. The summed E-state index contributed by atoms with van der Waals surface area (Å²) in [6.45, 7) is 0. The first-order chi connectivity index (χ1) is 13.0. The van der Waals surface area contributed by atoms with Gasteiger partial charge in [0, 0.05) is 6.07 Å². The molecule has 1 aromatic heterocycles. The van der Waals surface area contributed by atoms with Crippen LogP contribution in [0, 0.1) is 0 Å². The van der Waals surface area contributed by atoms with E-state index in [1.54, 1.807) is 18.2 Å². The van der Waals surface area contributed by atoms with Crippen molar-refractivity contribution < 1.29 is 22.6 Å². The van der Waals surface area contributed by atoms with Crippen molar-refractivity contribution in [2.24, 2.45) is 0 Å². The summed E-state index contributed by atoms with van der Waals surface area (Å²) in [7, 11) is 0.542. The molecule has 1 heterocycles. The fourth-order valence-electron chi connectivity index (χ4n) is 2.40. The Kier molecular flexibility index (Phi) is 5.12. The third-order valence-corrected chi connectivity index (χ3v) is 5.07. The Labute approximate surface area is 155 Å². The number of hydrogen-bond donors (Lipinski definition) is 1. The molecule has 0 atom stereocenters. The molecule has 0 fully saturated rings. The molecule has 0 aliphatic carbocycles. The number of rotatable bonds is 7. The number of tetrazole rings is 1. The molecule has 0 spiro atoms. The Hall–Kier alpha value is -3.34. The van der Waals surface area contributed by atoms with E-state index < -0.39 is 10.0 Å². The third kappa shape index (κ3) is 3.77. The summed E-state index contributed by atoms with van der Waals surface area (Å²) >= 11 is 0. The van der Waals surface area contributed by atoms with Crippen molar-refractivity contribution in [2.45, 2.75) is 4.90 Å². The van der Waals surface area contributed by atoms with Crippen molar-refractivity contribution in [1.82, 2.24) is 20.2 Å². The van der Waals surface area contributed by atoms with Gasteiger partial charge in [-0.15, -0.1) is 5.10 Å². The smallest absolute Gasteiger partial charge is 0.262 e. The van der Waals surface area contributed by atoms with Gasteiger partial charge in [-0.25, -0.2) is 8.42 Å². The minimum atomic E-state index is -3.86. The van der Waals surface area contributed by atoms with Crippen LogP contribution in [-0.2, 0) is 10.0 Å². The number of methoxy groups -OCH3 is 3. The molecule has 0 aliphatic rings. The summed E-state index contributed by atoms with van der Waals surface area (Å²) in [5.41, 5.74) is 0.797. The van der Waals surface area contributed by atoms with Crippen LogP contribution in [-0.4, -0.2) is 50.0 Å². The molecular formula is C16H17N5O5S. The molecule has 3 rings (SSSR count). The first-order valence-electron chi connectivity index (χ1n) is 7.64. The summed E-state index contributed by atoms with van der Waals surface area (Å²) in [4.78, 5) is 0.0277. The lowest BCUT2D eigenvalue weighted by Gasteiger charge is -2.13. The molecular weight excluding hydrogens is 374 g/mol. The van der Waals surface area contributed by atoms with Gasteiger partial charge >= 0.3 is 0 Å². The lowest BCUT2D eigenvalue weighted by molar-refractivity contribution is 0.354. The van der Waals surface area contributed by atoms with E-state index in [1.165, 1.54) is 50.5 Å². The molecule has 11 heteroatoms. The maximum Gasteiger partial charge on any atom is 0.262 e. The summed E-state index contributed by atoms with van der Waals surface area (Å²) in [6.07, 6.45) is 1.38. The molecule has 27 heavy (non-hydrogen) atoms. The van der Waals surface area contributed by atoms with E-state index in [-0.39, 0.29) is 4.90 Å². The minimum Gasteiger partial charge on any atom is -0.494 e. The molecule has 0 amide bonds. The van der Waals surface area contributed by atoms with Crippen LogP contribution in [0.4, 0.5) is 5.69 Å². The van der Waals surface area contributed by atoms with Crippen molar-refractivity contribution in [3.05, 3.63) is 42.7 Å². The zero-order chi connectivity index (χ0) is 19.4. The molecule has 10 nitrogen and oxygen atoms in total. The molecule has 0 saturated heterocycles. The second-order valence-corrected chi connectivity index (χ2v) is 6.95. The Bertz CT molecular complexity index is 1040. The summed E-state index contributed by atoms with van der Waals surface area (Å²) in [5.74, 6) is 1.22. The van der Waals surface area contributed by atoms with Gasteiger partial charge in [0.2, 0.25) is 0 Å². The van der Waals surface area contributed by atoms with Gasteiger partial charge in [-0.1, -0.05) is 0 Å². The van der Waals surface area contributed by atoms with Crippen LogP contribution in [0.1, 0.15) is 0 Å². The number of nitrogens with one attached hydrogen (secondary N) is 1. The number of sulfonamides is 1. The normalized spacial score (nSPS) is 11.1. The number of benzene rings is 2. The highest BCUT2D eigenvalue weighted by Gasteiger charge is 2.18. The summed E-state index contributed by atoms with van der Waals surface area (Å²) < 4.78 is 44.9. The number of aromatic nitrogens is 4. The first kappa shape index (κ1) is 18.5. The average molecular weight is 391 g/mol. The van der Waals surface area contributed by atoms with Gasteiger partial charge in [-0.2, -0.15) is 4.68 Å². The fourth-order valence-corrected chi connectivity index (χ4v) is 3.47. The molecule has 0 radical (unpaired) electrons. The van der Waals surface area contributed by atoms with Gasteiger partial charge in [0.05, 0.1) is 31.9 Å². The van der Waals surface area contributed by atoms with Crippen LogP contribution in [0.25, 0.3) is 5.69 Å². The maximum atomic E-state index is 12.7. The Morgan fingerprint density at radius 3 is 2.26 bits per heavy atom. The number of ether oxygens (including phenoxy) is 3. The Morgan fingerprint density at radius 2 is 1.63 bits per heavy atom.